The van der Waals surface area contributed by atoms with Gasteiger partial charge >= 0.3 is 0 Å². The lowest BCUT2D eigenvalue weighted by Crippen LogP contribution is -2.52. The zero-order valence-corrected chi connectivity index (χ0v) is 27.3. The Morgan fingerprint density at radius 2 is 1.07 bits per heavy atom. The van der Waals surface area contributed by atoms with E-state index in [1.807, 2.05) is 107 Å². The molecular weight excluding hydrogens is 617 g/mol. The average molecular weight is 653 g/mol. The summed E-state index contributed by atoms with van der Waals surface area (Å²) in [6.45, 7) is 4.56. The van der Waals surface area contributed by atoms with Crippen molar-refractivity contribution in [2.45, 2.75) is 50.3 Å². The van der Waals surface area contributed by atoms with Crippen LogP contribution in [0, 0.1) is 23.4 Å². The van der Waals surface area contributed by atoms with Gasteiger partial charge < -0.3 is 39.5 Å². The molecule has 10 nitrogen and oxygen atoms in total. The summed E-state index contributed by atoms with van der Waals surface area (Å²) in [7, 11) is 3.74. The van der Waals surface area contributed by atoms with Gasteiger partial charge in [0.25, 0.3) is 0 Å². The third kappa shape index (κ3) is 5.69. The number of aliphatic hydroxyl groups is 2. The minimum Gasteiger partial charge on any atom is -0.388 e. The van der Waals surface area contributed by atoms with Crippen molar-refractivity contribution in [1.82, 2.24) is 28.9 Å². The van der Waals surface area contributed by atoms with Crippen LogP contribution >= 0.6 is 36.7 Å². The Labute approximate surface area is 271 Å². The number of hydrogen-bond donors (Lipinski definition) is 4. The van der Waals surface area contributed by atoms with Gasteiger partial charge in [-0.1, -0.05) is 35.4 Å². The fourth-order valence-electron chi connectivity index (χ4n) is 5.79. The molecule has 44 heavy (non-hydrogen) atoms. The van der Waals surface area contributed by atoms with Crippen LogP contribution in [0.3, 0.4) is 0 Å². The molecule has 2 aliphatic rings. The summed E-state index contributed by atoms with van der Waals surface area (Å²) >= 11 is 17.0. The Morgan fingerprint density at radius 3 is 1.43 bits per heavy atom. The van der Waals surface area contributed by atoms with Crippen molar-refractivity contribution in [1.29, 1.82) is 0 Å². The first kappa shape index (κ1) is 30.8. The van der Waals surface area contributed by atoms with E-state index in [2.05, 4.69) is 10.6 Å². The van der Waals surface area contributed by atoms with Crippen LogP contribution in [0.4, 0.5) is 0 Å². The molecule has 2 aromatic heterocycles. The number of rotatable bonds is 6. The lowest BCUT2D eigenvalue weighted by molar-refractivity contribution is 0.0352. The molecule has 0 bridgehead atoms. The van der Waals surface area contributed by atoms with Crippen molar-refractivity contribution in [3.8, 4) is 11.4 Å². The molecule has 232 valence electrons. The molecule has 13 heteroatoms. The van der Waals surface area contributed by atoms with Gasteiger partial charge in [0.2, 0.25) is 0 Å². The summed E-state index contributed by atoms with van der Waals surface area (Å²) in [4.78, 5) is 0. The topological polar surface area (TPSA) is 103 Å². The fraction of sp³-hybridized carbons (Fsp3) is 0.387. The third-order valence-electron chi connectivity index (χ3n) is 8.48. The lowest BCUT2D eigenvalue weighted by atomic mass is 10.1. The predicted molar refractivity (Wildman–Crippen MR) is 176 cm³/mol. The fourth-order valence-corrected chi connectivity index (χ4v) is 6.62. The Balaban J connectivity index is 1.10. The van der Waals surface area contributed by atoms with E-state index in [0.29, 0.717) is 14.7 Å². The normalized spacial score (nSPS) is 25.0. The minimum atomic E-state index is -0.882. The van der Waals surface area contributed by atoms with Crippen molar-refractivity contribution >= 4 is 41.8 Å². The average Bonchev–Trinajstić information content (AvgIpc) is 3.71. The molecule has 0 saturated carbocycles. The second kappa shape index (κ2) is 12.3. The number of aromatic nitrogens is 4. The standard InChI is InChI=1S/C31H36N6O4S3/c1-17-5-9-19(10-6-17)36-13-23(34(3)30(36)43)27-25(38)21(15-40-27)32-29(42)33-22-16-41-28(26(22)39)24-14-37(31(44)35(24)4)20-11-7-18(2)8-12-20/h5-14,21-22,25-28,38-39H,15-16H2,1-4H3,(H2,32,33,42)/t21-,22-,25+,26+,27-,28-/m0/s1. The Morgan fingerprint density at radius 1 is 0.705 bits per heavy atom. The molecule has 6 atom stereocenters. The quantitative estimate of drug-likeness (QED) is 0.232. The van der Waals surface area contributed by atoms with E-state index in [4.69, 9.17) is 46.1 Å². The van der Waals surface area contributed by atoms with Crippen molar-refractivity contribution < 1.29 is 19.7 Å². The molecular formula is C31H36N6O4S3. The van der Waals surface area contributed by atoms with Gasteiger partial charge in [0.05, 0.1) is 36.7 Å². The van der Waals surface area contributed by atoms with Crippen LogP contribution < -0.4 is 10.6 Å². The SMILES string of the molecule is Cc1ccc(-n2cc([C@@H]3OC[C@H](NC(=S)N[C@H]4CO[C@@H](c5cn(-c6ccc(C)cc6)c(=S)n5C)[C@@H]4O)[C@H]3O)n(C)c2=S)cc1. The minimum absolute atomic E-state index is 0.243. The molecule has 0 unspecified atom stereocenters. The van der Waals surface area contributed by atoms with Gasteiger partial charge in [-0.3, -0.25) is 9.13 Å². The van der Waals surface area contributed by atoms with E-state index >= 15 is 0 Å². The Hall–Kier alpha value is -3.17. The maximum absolute atomic E-state index is 11.2. The summed E-state index contributed by atoms with van der Waals surface area (Å²) in [5, 5.41) is 29.1. The number of thiocarbonyl (C=S) groups is 1. The number of nitrogens with one attached hydrogen (secondary N) is 2. The second-order valence-corrected chi connectivity index (χ2v) is 12.7. The molecule has 4 N–H and O–H groups in total. The molecule has 2 aromatic carbocycles. The number of imidazole rings is 2. The van der Waals surface area contributed by atoms with E-state index < -0.39 is 36.5 Å². The highest BCUT2D eigenvalue weighted by molar-refractivity contribution is 7.80. The van der Waals surface area contributed by atoms with E-state index in [9.17, 15) is 10.2 Å². The maximum atomic E-state index is 11.2. The number of ether oxygens (including phenoxy) is 2. The molecule has 0 spiro atoms. The molecule has 6 rings (SSSR count). The summed E-state index contributed by atoms with van der Waals surface area (Å²) in [5.74, 6) is 0. The van der Waals surface area contributed by atoms with Crippen molar-refractivity contribution in [3.63, 3.8) is 0 Å². The highest BCUT2D eigenvalue weighted by atomic mass is 32.1. The highest BCUT2D eigenvalue weighted by Crippen LogP contribution is 2.32. The van der Waals surface area contributed by atoms with Gasteiger partial charge in [-0.25, -0.2) is 0 Å². The Bertz CT molecular complexity index is 1660. The summed E-state index contributed by atoms with van der Waals surface area (Å²) in [5.41, 5.74) is 5.73. The first-order valence-corrected chi connectivity index (χ1v) is 15.6. The largest absolute Gasteiger partial charge is 0.388 e. The van der Waals surface area contributed by atoms with Crippen LogP contribution in [0.5, 0.6) is 0 Å². The molecule has 0 radical (unpaired) electrons. The number of benzene rings is 2. The number of aryl methyl sites for hydroxylation is 2. The molecule has 2 aliphatic heterocycles. The maximum Gasteiger partial charge on any atom is 0.184 e. The molecule has 0 aliphatic carbocycles. The van der Waals surface area contributed by atoms with Crippen LogP contribution in [0.1, 0.15) is 34.7 Å². The summed E-state index contributed by atoms with van der Waals surface area (Å²) in [6, 6.07) is 15.2. The third-order valence-corrected chi connectivity index (χ3v) is 9.66. The molecule has 2 saturated heterocycles. The van der Waals surface area contributed by atoms with E-state index in [1.54, 1.807) is 0 Å². The van der Waals surface area contributed by atoms with Gasteiger partial charge in [0, 0.05) is 37.9 Å². The van der Waals surface area contributed by atoms with Crippen molar-refractivity contribution in [3.05, 3.63) is 93.0 Å². The summed E-state index contributed by atoms with van der Waals surface area (Å²) < 4.78 is 20.8. The van der Waals surface area contributed by atoms with Crippen LogP contribution in [0.15, 0.2) is 60.9 Å². The van der Waals surface area contributed by atoms with Crippen LogP contribution in [0.25, 0.3) is 11.4 Å². The first-order valence-electron chi connectivity index (χ1n) is 14.4. The van der Waals surface area contributed by atoms with Gasteiger partial charge in [0.15, 0.2) is 14.7 Å². The zero-order chi connectivity index (χ0) is 31.3. The van der Waals surface area contributed by atoms with Gasteiger partial charge in [-0.05, 0) is 74.8 Å². The van der Waals surface area contributed by atoms with Crippen LogP contribution in [-0.4, -0.2) is 71.1 Å². The lowest BCUT2D eigenvalue weighted by Gasteiger charge is -2.23. The zero-order valence-electron chi connectivity index (χ0n) is 24.9. The smallest absolute Gasteiger partial charge is 0.184 e. The molecule has 4 heterocycles. The van der Waals surface area contributed by atoms with Gasteiger partial charge in [-0.15, -0.1) is 0 Å². The van der Waals surface area contributed by atoms with E-state index in [1.165, 1.54) is 0 Å². The molecule has 0 amide bonds. The van der Waals surface area contributed by atoms with Crippen molar-refractivity contribution in [2.24, 2.45) is 14.1 Å². The monoisotopic (exact) mass is 652 g/mol. The van der Waals surface area contributed by atoms with Crippen LogP contribution in [0.2, 0.25) is 0 Å². The number of aliphatic hydroxyl groups excluding tert-OH is 2. The Kier molecular flexibility index (Phi) is 8.63. The number of nitrogens with zero attached hydrogens (tertiary/aromatic N) is 4. The molecule has 2 fully saturated rings. The van der Waals surface area contributed by atoms with E-state index in [-0.39, 0.29) is 13.2 Å². The van der Waals surface area contributed by atoms with E-state index in [0.717, 1.165) is 33.9 Å². The van der Waals surface area contributed by atoms with Gasteiger partial charge in [0.1, 0.15) is 24.4 Å². The second-order valence-electron chi connectivity index (χ2n) is 11.5. The van der Waals surface area contributed by atoms with Gasteiger partial charge in [-0.2, -0.15) is 0 Å². The summed E-state index contributed by atoms with van der Waals surface area (Å²) in [6.07, 6.45) is 0.867. The highest BCUT2D eigenvalue weighted by Gasteiger charge is 2.42. The molecule has 4 aromatic rings. The number of hydrogen-bond acceptors (Lipinski definition) is 7. The first-order chi connectivity index (χ1) is 21.0. The predicted octanol–water partition coefficient (Wildman–Crippen LogP) is 3.79. The van der Waals surface area contributed by atoms with Crippen LogP contribution in [-0.2, 0) is 23.6 Å². The van der Waals surface area contributed by atoms with Crippen molar-refractivity contribution in [2.75, 3.05) is 13.2 Å².